The first-order valence-electron chi connectivity index (χ1n) is 10.6. The number of aromatic carboxylic acids is 1. The Balaban J connectivity index is 1.46. The highest BCUT2D eigenvalue weighted by molar-refractivity contribution is 7.89. The van der Waals surface area contributed by atoms with E-state index in [0.717, 1.165) is 16.0 Å². The number of carboxylic acid groups (broad SMARTS) is 1. The van der Waals surface area contributed by atoms with Crippen molar-refractivity contribution in [3.05, 3.63) is 59.2 Å². The van der Waals surface area contributed by atoms with Crippen LogP contribution in [-0.2, 0) is 19.6 Å². The lowest BCUT2D eigenvalue weighted by Crippen LogP contribution is -2.53. The number of hydrogen-bond donors (Lipinski definition) is 1. The third-order valence-corrected chi connectivity index (χ3v) is 8.20. The van der Waals surface area contributed by atoms with E-state index in [9.17, 15) is 27.9 Å². The first kappa shape index (κ1) is 23.1. The lowest BCUT2D eigenvalue weighted by atomic mass is 10.1. The summed E-state index contributed by atoms with van der Waals surface area (Å²) in [5.74, 6) is -1.97. The fourth-order valence-corrected chi connectivity index (χ4v) is 5.74. The van der Waals surface area contributed by atoms with Crippen molar-refractivity contribution in [2.24, 2.45) is 0 Å². The highest BCUT2D eigenvalue weighted by atomic mass is 32.2. The van der Waals surface area contributed by atoms with Crippen LogP contribution in [0.4, 0.5) is 5.69 Å². The number of nitrogens with zero attached hydrogens (tertiary/aromatic N) is 3. The van der Waals surface area contributed by atoms with Crippen LogP contribution in [0.15, 0.2) is 47.4 Å². The molecule has 174 valence electrons. The van der Waals surface area contributed by atoms with Gasteiger partial charge in [-0.25, -0.2) is 18.1 Å². The molecule has 0 aromatic heterocycles. The zero-order valence-corrected chi connectivity index (χ0v) is 19.2. The van der Waals surface area contributed by atoms with Gasteiger partial charge in [-0.1, -0.05) is 12.1 Å². The van der Waals surface area contributed by atoms with E-state index in [2.05, 4.69) is 0 Å². The SMILES string of the molecule is Cc1ccc(S(=O)(=O)N2CCN(C3CC(=O)N(c4cccc(C(=O)O)c4)C3=O)CC2)cc1C. The van der Waals surface area contributed by atoms with E-state index in [1.807, 2.05) is 18.7 Å². The van der Waals surface area contributed by atoms with Crippen molar-refractivity contribution in [1.29, 1.82) is 0 Å². The minimum atomic E-state index is -3.65. The van der Waals surface area contributed by atoms with Crippen LogP contribution in [0.1, 0.15) is 27.9 Å². The smallest absolute Gasteiger partial charge is 0.335 e. The Morgan fingerprint density at radius 1 is 0.970 bits per heavy atom. The molecule has 2 aliphatic rings. The first-order chi connectivity index (χ1) is 15.6. The molecule has 4 rings (SSSR count). The van der Waals surface area contributed by atoms with E-state index in [-0.39, 0.29) is 35.7 Å². The topological polar surface area (TPSA) is 115 Å². The highest BCUT2D eigenvalue weighted by Gasteiger charge is 2.44. The molecule has 9 nitrogen and oxygen atoms in total. The molecule has 2 amide bonds. The molecule has 1 atom stereocenters. The minimum absolute atomic E-state index is 0.0123. The molecule has 0 aliphatic carbocycles. The summed E-state index contributed by atoms with van der Waals surface area (Å²) in [6.45, 7) is 4.84. The largest absolute Gasteiger partial charge is 0.478 e. The average molecular weight is 472 g/mol. The van der Waals surface area contributed by atoms with Gasteiger partial charge >= 0.3 is 5.97 Å². The second kappa shape index (κ2) is 8.69. The maximum Gasteiger partial charge on any atom is 0.335 e. The molecule has 0 saturated carbocycles. The third-order valence-electron chi connectivity index (χ3n) is 6.30. The minimum Gasteiger partial charge on any atom is -0.478 e. The van der Waals surface area contributed by atoms with Crippen molar-refractivity contribution in [1.82, 2.24) is 9.21 Å². The number of amides is 2. The van der Waals surface area contributed by atoms with Crippen LogP contribution < -0.4 is 4.90 Å². The standard InChI is InChI=1S/C23H25N3O6S/c1-15-6-7-19(12-16(15)2)33(31,32)25-10-8-24(9-11-25)20-14-21(27)26(22(20)28)18-5-3-4-17(13-18)23(29)30/h3-7,12-13,20H,8-11,14H2,1-2H3,(H,29,30). The molecule has 2 aromatic carbocycles. The van der Waals surface area contributed by atoms with Gasteiger partial charge < -0.3 is 5.11 Å². The van der Waals surface area contributed by atoms with E-state index in [0.29, 0.717) is 13.1 Å². The number of imide groups is 1. The number of benzene rings is 2. The molecule has 2 aliphatic heterocycles. The lowest BCUT2D eigenvalue weighted by Gasteiger charge is -2.36. The predicted molar refractivity (Wildman–Crippen MR) is 121 cm³/mol. The van der Waals surface area contributed by atoms with Crippen molar-refractivity contribution < 1.29 is 27.9 Å². The van der Waals surface area contributed by atoms with Crippen molar-refractivity contribution in [3.8, 4) is 0 Å². The molecule has 10 heteroatoms. The summed E-state index contributed by atoms with van der Waals surface area (Å²) in [4.78, 5) is 40.0. The Hall–Kier alpha value is -3.08. The molecule has 2 saturated heterocycles. The predicted octanol–water partition coefficient (Wildman–Crippen LogP) is 1.64. The fourth-order valence-electron chi connectivity index (χ4n) is 4.23. The van der Waals surface area contributed by atoms with E-state index >= 15 is 0 Å². The zero-order chi connectivity index (χ0) is 23.9. The molecule has 2 aromatic rings. The lowest BCUT2D eigenvalue weighted by molar-refractivity contribution is -0.123. The van der Waals surface area contributed by atoms with E-state index < -0.39 is 33.8 Å². The van der Waals surface area contributed by atoms with Gasteiger partial charge in [-0.2, -0.15) is 4.31 Å². The molecule has 2 fully saturated rings. The quantitative estimate of drug-likeness (QED) is 0.659. The van der Waals surface area contributed by atoms with Crippen LogP contribution >= 0.6 is 0 Å². The van der Waals surface area contributed by atoms with Crippen molar-refractivity contribution in [2.75, 3.05) is 31.1 Å². The number of carbonyl (C=O) groups excluding carboxylic acids is 2. The van der Waals surface area contributed by atoms with Gasteiger partial charge in [0, 0.05) is 26.2 Å². The second-order valence-corrected chi connectivity index (χ2v) is 10.3. The van der Waals surface area contributed by atoms with Gasteiger partial charge in [-0.3, -0.25) is 14.5 Å². The molecular formula is C23H25N3O6S. The molecule has 2 heterocycles. The molecule has 33 heavy (non-hydrogen) atoms. The molecule has 1 N–H and O–H groups in total. The number of carboxylic acids is 1. The normalized spacial score (nSPS) is 20.4. The van der Waals surface area contributed by atoms with Crippen LogP contribution in [-0.4, -0.2) is 72.7 Å². The van der Waals surface area contributed by atoms with Gasteiger partial charge in [0.05, 0.1) is 28.6 Å². The average Bonchev–Trinajstić information content (AvgIpc) is 3.09. The summed E-state index contributed by atoms with van der Waals surface area (Å²) < 4.78 is 27.5. The fraction of sp³-hybridized carbons (Fsp3) is 0.348. The summed E-state index contributed by atoms with van der Waals surface area (Å²) in [5.41, 5.74) is 2.13. The van der Waals surface area contributed by atoms with Gasteiger partial charge in [0.2, 0.25) is 15.9 Å². The number of carbonyl (C=O) groups is 3. The van der Waals surface area contributed by atoms with Crippen molar-refractivity contribution in [3.63, 3.8) is 0 Å². The first-order valence-corrected chi connectivity index (χ1v) is 12.0. The Morgan fingerprint density at radius 3 is 2.30 bits per heavy atom. The van der Waals surface area contributed by atoms with E-state index in [1.165, 1.54) is 28.6 Å². The van der Waals surface area contributed by atoms with Gasteiger partial charge in [0.25, 0.3) is 5.91 Å². The Labute approximate surface area is 192 Å². The third kappa shape index (κ3) is 4.29. The molecule has 0 bridgehead atoms. The maximum atomic E-state index is 13.1. The second-order valence-electron chi connectivity index (χ2n) is 8.33. The van der Waals surface area contributed by atoms with Crippen molar-refractivity contribution >= 4 is 33.5 Å². The number of rotatable bonds is 5. The summed E-state index contributed by atoms with van der Waals surface area (Å²) in [6, 6.07) is 10.1. The van der Waals surface area contributed by atoms with E-state index in [4.69, 9.17) is 0 Å². The van der Waals surface area contributed by atoms with Crippen LogP contribution in [0.3, 0.4) is 0 Å². The number of anilines is 1. The highest BCUT2D eigenvalue weighted by Crippen LogP contribution is 2.28. The molecule has 0 radical (unpaired) electrons. The van der Waals surface area contributed by atoms with Crippen molar-refractivity contribution in [2.45, 2.75) is 31.2 Å². The van der Waals surface area contributed by atoms with Crippen LogP contribution in [0.25, 0.3) is 0 Å². The summed E-state index contributed by atoms with van der Waals surface area (Å²) >= 11 is 0. The van der Waals surface area contributed by atoms with Gasteiger partial charge in [0.1, 0.15) is 0 Å². The van der Waals surface area contributed by atoms with Crippen LogP contribution in [0.5, 0.6) is 0 Å². The Kier molecular flexibility index (Phi) is 6.08. The Morgan fingerprint density at radius 2 is 1.67 bits per heavy atom. The number of hydrogen-bond acceptors (Lipinski definition) is 6. The zero-order valence-electron chi connectivity index (χ0n) is 18.4. The van der Waals surface area contributed by atoms with Crippen LogP contribution in [0, 0.1) is 13.8 Å². The molecular weight excluding hydrogens is 446 g/mol. The summed E-state index contributed by atoms with van der Waals surface area (Å²) in [6.07, 6.45) is -0.0277. The number of sulfonamides is 1. The van der Waals surface area contributed by atoms with Gasteiger partial charge in [-0.15, -0.1) is 0 Å². The van der Waals surface area contributed by atoms with Crippen LogP contribution in [0.2, 0.25) is 0 Å². The molecule has 0 spiro atoms. The van der Waals surface area contributed by atoms with Gasteiger partial charge in [-0.05, 0) is 55.3 Å². The number of piperazine rings is 1. The van der Waals surface area contributed by atoms with E-state index in [1.54, 1.807) is 18.2 Å². The number of aryl methyl sites for hydroxylation is 2. The maximum absolute atomic E-state index is 13.1. The summed E-state index contributed by atoms with van der Waals surface area (Å²) in [5, 5.41) is 9.19. The van der Waals surface area contributed by atoms with Gasteiger partial charge in [0.15, 0.2) is 0 Å². The summed E-state index contributed by atoms with van der Waals surface area (Å²) in [7, 11) is -3.65. The monoisotopic (exact) mass is 471 g/mol. The Bertz CT molecular complexity index is 1230. The molecule has 1 unspecified atom stereocenters.